The Morgan fingerprint density at radius 2 is 1.52 bits per heavy atom. The zero-order valence-electron chi connectivity index (χ0n) is 17.6. The number of aryl methyl sites for hydroxylation is 1. The molecule has 0 unspecified atom stereocenters. The lowest BCUT2D eigenvalue weighted by Crippen LogP contribution is -2.38. The topological polar surface area (TPSA) is 107 Å². The number of nitrogens with two attached hydrogens (primary N) is 2. The number of hydrogen-bond donors (Lipinski definition) is 3. The van der Waals surface area contributed by atoms with E-state index in [9.17, 15) is 9.59 Å². The van der Waals surface area contributed by atoms with Gasteiger partial charge in [-0.1, -0.05) is 66.7 Å². The molecule has 0 heterocycles. The largest absolute Gasteiger partial charge is 0.445 e. The van der Waals surface area contributed by atoms with Crippen LogP contribution in [0, 0.1) is 0 Å². The van der Waals surface area contributed by atoms with Crippen LogP contribution >= 0.6 is 0 Å². The third-order valence-corrected chi connectivity index (χ3v) is 5.26. The number of amides is 2. The lowest BCUT2D eigenvalue weighted by atomic mass is 9.93. The summed E-state index contributed by atoms with van der Waals surface area (Å²) in [6.45, 7) is 0.835. The summed E-state index contributed by atoms with van der Waals surface area (Å²) < 4.78 is 5.22. The van der Waals surface area contributed by atoms with Crippen LogP contribution in [0.4, 0.5) is 4.79 Å². The van der Waals surface area contributed by atoms with Gasteiger partial charge in [0.2, 0.25) is 5.91 Å². The Hall–Kier alpha value is -3.38. The molecular weight excluding hydrogens is 390 g/mol. The molecule has 0 bridgehead atoms. The molecule has 0 aromatic heterocycles. The molecule has 1 atom stereocenters. The second kappa shape index (κ2) is 11.1. The molecular formula is C25H29N3O3. The predicted molar refractivity (Wildman–Crippen MR) is 122 cm³/mol. The summed E-state index contributed by atoms with van der Waals surface area (Å²) in [6.07, 6.45) is 2.70. The highest BCUT2D eigenvalue weighted by Gasteiger charge is 2.13. The van der Waals surface area contributed by atoms with Gasteiger partial charge in [0.1, 0.15) is 6.61 Å². The maximum atomic E-state index is 11.8. The summed E-state index contributed by atoms with van der Waals surface area (Å²) >= 11 is 0. The molecule has 0 aliphatic rings. The van der Waals surface area contributed by atoms with Crippen LogP contribution in [0.25, 0.3) is 10.8 Å². The minimum absolute atomic E-state index is 0.268. The fraction of sp³-hybridized carbons (Fsp3) is 0.280. The van der Waals surface area contributed by atoms with Gasteiger partial charge in [0.05, 0.1) is 6.04 Å². The maximum absolute atomic E-state index is 11.8. The minimum atomic E-state index is -0.693. The van der Waals surface area contributed by atoms with Gasteiger partial charge in [0.15, 0.2) is 0 Å². The van der Waals surface area contributed by atoms with E-state index in [0.29, 0.717) is 13.0 Å². The van der Waals surface area contributed by atoms with Crippen LogP contribution in [0.3, 0.4) is 0 Å². The molecule has 3 aromatic rings. The average molecular weight is 420 g/mol. The van der Waals surface area contributed by atoms with Gasteiger partial charge in [-0.3, -0.25) is 4.79 Å². The Bertz CT molecular complexity index is 1020. The Morgan fingerprint density at radius 1 is 0.871 bits per heavy atom. The van der Waals surface area contributed by atoms with Gasteiger partial charge in [-0.2, -0.15) is 0 Å². The summed E-state index contributed by atoms with van der Waals surface area (Å²) in [5.41, 5.74) is 14.4. The highest BCUT2D eigenvalue weighted by Crippen LogP contribution is 2.25. The average Bonchev–Trinajstić information content (AvgIpc) is 2.79. The number of fused-ring (bicyclic) bond motifs is 1. The number of nitrogens with one attached hydrogen (secondary N) is 1. The smallest absolute Gasteiger partial charge is 0.407 e. The van der Waals surface area contributed by atoms with Crippen LogP contribution in [0.1, 0.15) is 29.5 Å². The Kier molecular flexibility index (Phi) is 8.01. The fourth-order valence-electron chi connectivity index (χ4n) is 3.56. The molecule has 2 amide bonds. The summed E-state index contributed by atoms with van der Waals surface area (Å²) in [7, 11) is 0. The van der Waals surface area contributed by atoms with Gasteiger partial charge in [0, 0.05) is 6.54 Å². The standard InChI is InChI=1S/C25H29N3O3/c26-23(24(27)29)16-20-14-13-19(21-11-4-5-12-22(20)21)10-6-7-15-28-25(30)31-17-18-8-2-1-3-9-18/h1-5,8-9,11-14,23H,6-7,10,15-17,26H2,(H2,27,29)(H,28,30)/t23-/m0/s1. The molecule has 3 aromatic carbocycles. The van der Waals surface area contributed by atoms with Crippen LogP contribution in [0.2, 0.25) is 0 Å². The Labute approximate surface area is 182 Å². The van der Waals surface area contributed by atoms with Crippen molar-refractivity contribution in [2.45, 2.75) is 38.3 Å². The van der Waals surface area contributed by atoms with Gasteiger partial charge in [-0.25, -0.2) is 4.79 Å². The number of carbonyl (C=O) groups is 2. The first-order valence-corrected chi connectivity index (χ1v) is 10.5. The van der Waals surface area contributed by atoms with Crippen LogP contribution in [-0.2, 0) is 29.0 Å². The molecule has 31 heavy (non-hydrogen) atoms. The van der Waals surface area contributed by atoms with E-state index >= 15 is 0 Å². The molecule has 6 nitrogen and oxygen atoms in total. The number of primary amides is 1. The third kappa shape index (κ3) is 6.55. The lowest BCUT2D eigenvalue weighted by molar-refractivity contribution is -0.119. The van der Waals surface area contributed by atoms with Crippen molar-refractivity contribution in [3.05, 3.63) is 83.4 Å². The number of rotatable bonds is 10. The highest BCUT2D eigenvalue weighted by molar-refractivity contribution is 5.89. The van der Waals surface area contributed by atoms with Crippen LogP contribution < -0.4 is 16.8 Å². The van der Waals surface area contributed by atoms with Crippen molar-refractivity contribution in [2.24, 2.45) is 11.5 Å². The predicted octanol–water partition coefficient (Wildman–Crippen LogP) is 3.44. The van der Waals surface area contributed by atoms with E-state index in [0.717, 1.165) is 41.2 Å². The van der Waals surface area contributed by atoms with Crippen molar-refractivity contribution in [1.29, 1.82) is 0 Å². The van der Waals surface area contributed by atoms with Gasteiger partial charge in [-0.15, -0.1) is 0 Å². The molecule has 6 heteroatoms. The van der Waals surface area contributed by atoms with Crippen molar-refractivity contribution >= 4 is 22.8 Å². The molecule has 0 aliphatic carbocycles. The van der Waals surface area contributed by atoms with Crippen LogP contribution in [0.5, 0.6) is 0 Å². The van der Waals surface area contributed by atoms with E-state index in [1.54, 1.807) is 0 Å². The fourth-order valence-corrected chi connectivity index (χ4v) is 3.56. The zero-order chi connectivity index (χ0) is 22.1. The molecule has 0 fully saturated rings. The zero-order valence-corrected chi connectivity index (χ0v) is 17.6. The number of alkyl carbamates (subject to hydrolysis) is 1. The summed E-state index contributed by atoms with van der Waals surface area (Å²) in [6, 6.07) is 21.2. The number of carbonyl (C=O) groups excluding carboxylic acids is 2. The highest BCUT2D eigenvalue weighted by atomic mass is 16.5. The van der Waals surface area contributed by atoms with E-state index in [1.165, 1.54) is 5.56 Å². The molecule has 0 radical (unpaired) electrons. The molecule has 0 aliphatic heterocycles. The van der Waals surface area contributed by atoms with Crippen molar-refractivity contribution in [2.75, 3.05) is 6.54 Å². The Morgan fingerprint density at radius 3 is 2.23 bits per heavy atom. The summed E-state index contributed by atoms with van der Waals surface area (Å²) in [4.78, 5) is 23.2. The first-order chi connectivity index (χ1) is 15.0. The van der Waals surface area contributed by atoms with E-state index in [1.807, 2.05) is 54.6 Å². The maximum Gasteiger partial charge on any atom is 0.407 e. The van der Waals surface area contributed by atoms with Gasteiger partial charge in [0.25, 0.3) is 0 Å². The second-order valence-electron chi connectivity index (χ2n) is 7.59. The molecule has 0 spiro atoms. The SMILES string of the molecule is NC(=O)[C@@H](N)Cc1ccc(CCCCNC(=O)OCc2ccccc2)c2ccccc12. The molecule has 162 valence electrons. The van der Waals surface area contributed by atoms with Crippen molar-refractivity contribution in [3.8, 4) is 0 Å². The first-order valence-electron chi connectivity index (χ1n) is 10.5. The van der Waals surface area contributed by atoms with Crippen LogP contribution in [-0.4, -0.2) is 24.6 Å². The quantitative estimate of drug-likeness (QED) is 0.438. The van der Waals surface area contributed by atoms with Gasteiger partial charge in [-0.05, 0) is 53.1 Å². The van der Waals surface area contributed by atoms with Crippen LogP contribution in [0.15, 0.2) is 66.7 Å². The summed E-state index contributed by atoms with van der Waals surface area (Å²) in [5, 5.41) is 5.05. The molecule has 0 saturated heterocycles. The summed E-state index contributed by atoms with van der Waals surface area (Å²) in [5.74, 6) is -0.497. The van der Waals surface area contributed by atoms with E-state index in [2.05, 4.69) is 17.4 Å². The van der Waals surface area contributed by atoms with Crippen molar-refractivity contribution in [3.63, 3.8) is 0 Å². The number of benzene rings is 3. The van der Waals surface area contributed by atoms with Crippen molar-refractivity contribution < 1.29 is 14.3 Å². The monoisotopic (exact) mass is 419 g/mol. The molecule has 0 saturated carbocycles. The Balaban J connectivity index is 1.47. The molecule has 3 rings (SSSR count). The van der Waals surface area contributed by atoms with Gasteiger partial charge < -0.3 is 21.5 Å². The van der Waals surface area contributed by atoms with E-state index in [-0.39, 0.29) is 6.61 Å². The lowest BCUT2D eigenvalue weighted by Gasteiger charge is -2.14. The third-order valence-electron chi connectivity index (χ3n) is 5.26. The number of hydrogen-bond acceptors (Lipinski definition) is 4. The number of unbranched alkanes of at least 4 members (excludes halogenated alkanes) is 1. The second-order valence-corrected chi connectivity index (χ2v) is 7.59. The first kappa shape index (κ1) is 22.3. The van der Waals surface area contributed by atoms with E-state index in [4.69, 9.17) is 16.2 Å². The number of ether oxygens (including phenoxy) is 1. The van der Waals surface area contributed by atoms with Crippen molar-refractivity contribution in [1.82, 2.24) is 5.32 Å². The molecule has 5 N–H and O–H groups in total. The minimum Gasteiger partial charge on any atom is -0.445 e. The van der Waals surface area contributed by atoms with Gasteiger partial charge >= 0.3 is 6.09 Å². The van der Waals surface area contributed by atoms with E-state index < -0.39 is 18.0 Å². The normalized spacial score (nSPS) is 11.8.